The van der Waals surface area contributed by atoms with Crippen molar-refractivity contribution in [3.63, 3.8) is 0 Å². The summed E-state index contributed by atoms with van der Waals surface area (Å²) in [7, 11) is 0. The van der Waals surface area contributed by atoms with Crippen LogP contribution in [0.4, 0.5) is 29.3 Å². The Morgan fingerprint density at radius 3 is 2.49 bits per heavy atom. The van der Waals surface area contributed by atoms with E-state index in [2.05, 4.69) is 10.6 Å². The van der Waals surface area contributed by atoms with Gasteiger partial charge in [0.2, 0.25) is 0 Å². The van der Waals surface area contributed by atoms with E-state index in [4.69, 9.17) is 21.1 Å². The fraction of sp³-hybridized carbons (Fsp3) is 0.364. The highest BCUT2D eigenvalue weighted by molar-refractivity contribution is 7.18. The quantitative estimate of drug-likeness (QED) is 0.477. The van der Waals surface area contributed by atoms with Crippen molar-refractivity contribution in [1.82, 2.24) is 10.6 Å². The zero-order valence-electron chi connectivity index (χ0n) is 19.3. The van der Waals surface area contributed by atoms with Crippen LogP contribution in [-0.2, 0) is 19.1 Å². The first-order valence-corrected chi connectivity index (χ1v) is 12.1. The Morgan fingerprint density at radius 1 is 1.22 bits per heavy atom. The van der Waals surface area contributed by atoms with E-state index < -0.39 is 47.4 Å². The standard InChI is InChI=1S/C22H22ClF3N4O6S/c1-2-36-21(34)28-15(11-27-19(32)16-7-8-17(23)37-16)20(33)30(22(24,25)26)14-5-3-13(4-6-14)29-9-10-35-12-18(29)31/h3-8,15H,2,9-12H2,1H3,(H,27,32)(H,28,34)/t15-/m0/s1. The topological polar surface area (TPSA) is 117 Å². The molecule has 37 heavy (non-hydrogen) atoms. The lowest BCUT2D eigenvalue weighted by Gasteiger charge is -2.30. The summed E-state index contributed by atoms with van der Waals surface area (Å²) in [5.74, 6) is -2.62. The number of thiophene rings is 1. The molecule has 2 heterocycles. The van der Waals surface area contributed by atoms with Gasteiger partial charge in [-0.1, -0.05) is 11.6 Å². The van der Waals surface area contributed by atoms with Crippen molar-refractivity contribution in [3.8, 4) is 0 Å². The van der Waals surface area contributed by atoms with E-state index in [0.29, 0.717) is 10.0 Å². The highest BCUT2D eigenvalue weighted by Gasteiger charge is 2.45. The van der Waals surface area contributed by atoms with E-state index in [1.54, 1.807) is 0 Å². The van der Waals surface area contributed by atoms with Crippen LogP contribution in [0.1, 0.15) is 16.6 Å². The van der Waals surface area contributed by atoms with Gasteiger partial charge in [-0.3, -0.25) is 14.4 Å². The van der Waals surface area contributed by atoms with Gasteiger partial charge in [-0.2, -0.15) is 0 Å². The summed E-state index contributed by atoms with van der Waals surface area (Å²) in [6, 6.07) is 5.61. The van der Waals surface area contributed by atoms with Gasteiger partial charge in [0.25, 0.3) is 17.7 Å². The van der Waals surface area contributed by atoms with Gasteiger partial charge in [0.15, 0.2) is 0 Å². The number of carbonyl (C=O) groups is 4. The Labute approximate surface area is 218 Å². The van der Waals surface area contributed by atoms with Crippen LogP contribution in [-0.4, -0.2) is 69.1 Å². The lowest BCUT2D eigenvalue weighted by molar-refractivity contribution is -0.151. The number of nitrogens with zero attached hydrogens (tertiary/aromatic N) is 2. The largest absolute Gasteiger partial charge is 0.491 e. The number of morpholine rings is 1. The van der Waals surface area contributed by atoms with Crippen molar-refractivity contribution in [2.75, 3.05) is 42.7 Å². The summed E-state index contributed by atoms with van der Waals surface area (Å²) < 4.78 is 52.3. The molecule has 1 aliphatic rings. The average molecular weight is 563 g/mol. The molecule has 0 aliphatic carbocycles. The van der Waals surface area contributed by atoms with Gasteiger partial charge in [0.05, 0.1) is 28.1 Å². The Kier molecular flexibility index (Phi) is 9.34. The van der Waals surface area contributed by atoms with Gasteiger partial charge in [-0.15, -0.1) is 24.5 Å². The summed E-state index contributed by atoms with van der Waals surface area (Å²) in [5, 5.41) is 4.39. The minimum atomic E-state index is -5.19. The minimum Gasteiger partial charge on any atom is -0.450 e. The third-order valence-electron chi connectivity index (χ3n) is 5.01. The first-order valence-electron chi connectivity index (χ1n) is 10.9. The Bertz CT molecular complexity index is 1140. The predicted octanol–water partition coefficient (Wildman–Crippen LogP) is 3.16. The molecule has 1 fully saturated rings. The second-order valence-corrected chi connectivity index (χ2v) is 9.20. The van der Waals surface area contributed by atoms with Crippen LogP contribution in [0.15, 0.2) is 36.4 Å². The highest BCUT2D eigenvalue weighted by atomic mass is 35.5. The molecular formula is C22H22ClF3N4O6S. The van der Waals surface area contributed by atoms with E-state index in [-0.39, 0.29) is 37.1 Å². The van der Waals surface area contributed by atoms with Crippen LogP contribution in [0, 0.1) is 0 Å². The van der Waals surface area contributed by atoms with Gasteiger partial charge < -0.3 is 25.0 Å². The number of amides is 4. The maximum Gasteiger partial charge on any atom is 0.491 e. The minimum absolute atomic E-state index is 0.0997. The number of hydrogen-bond acceptors (Lipinski definition) is 7. The van der Waals surface area contributed by atoms with E-state index in [0.717, 1.165) is 23.5 Å². The zero-order valence-corrected chi connectivity index (χ0v) is 20.9. The predicted molar refractivity (Wildman–Crippen MR) is 129 cm³/mol. The molecule has 1 atom stereocenters. The molecule has 10 nitrogen and oxygen atoms in total. The maximum absolute atomic E-state index is 14.1. The normalized spacial score (nSPS) is 14.6. The van der Waals surface area contributed by atoms with Crippen molar-refractivity contribution >= 4 is 58.1 Å². The molecule has 200 valence electrons. The summed E-state index contributed by atoms with van der Waals surface area (Å²) in [5.41, 5.74) is -0.233. The third kappa shape index (κ3) is 7.33. The summed E-state index contributed by atoms with van der Waals surface area (Å²) >= 11 is 6.73. The molecule has 1 saturated heterocycles. The summed E-state index contributed by atoms with van der Waals surface area (Å²) in [6.07, 6.45) is -6.33. The first-order chi connectivity index (χ1) is 17.5. The van der Waals surface area contributed by atoms with Crippen LogP contribution < -0.4 is 20.4 Å². The number of halogens is 4. The monoisotopic (exact) mass is 562 g/mol. The van der Waals surface area contributed by atoms with Gasteiger partial charge in [0, 0.05) is 18.8 Å². The molecule has 4 amide bonds. The Morgan fingerprint density at radius 2 is 1.92 bits per heavy atom. The molecule has 3 rings (SSSR count). The molecular weight excluding hydrogens is 541 g/mol. The lowest BCUT2D eigenvalue weighted by atomic mass is 10.2. The number of alkyl halides is 3. The van der Waals surface area contributed by atoms with Crippen LogP contribution in [0.25, 0.3) is 0 Å². The van der Waals surface area contributed by atoms with Crippen molar-refractivity contribution in [1.29, 1.82) is 0 Å². The number of rotatable bonds is 8. The molecule has 2 N–H and O–H groups in total. The molecule has 0 saturated carbocycles. The van der Waals surface area contributed by atoms with Gasteiger partial charge >= 0.3 is 12.4 Å². The molecule has 0 radical (unpaired) electrons. The van der Waals surface area contributed by atoms with Crippen molar-refractivity contribution in [2.24, 2.45) is 0 Å². The van der Waals surface area contributed by atoms with Crippen LogP contribution >= 0.6 is 22.9 Å². The van der Waals surface area contributed by atoms with E-state index in [1.165, 1.54) is 36.1 Å². The number of nitrogens with one attached hydrogen (secondary N) is 2. The number of ether oxygens (including phenoxy) is 2. The average Bonchev–Trinajstić information content (AvgIpc) is 3.28. The molecule has 0 spiro atoms. The number of anilines is 2. The highest BCUT2D eigenvalue weighted by Crippen LogP contribution is 2.31. The number of carbonyl (C=O) groups excluding carboxylic acids is 4. The van der Waals surface area contributed by atoms with Crippen LogP contribution in [0.2, 0.25) is 4.34 Å². The second-order valence-electron chi connectivity index (χ2n) is 7.49. The van der Waals surface area contributed by atoms with Gasteiger partial charge in [0.1, 0.15) is 12.6 Å². The molecule has 0 bridgehead atoms. The molecule has 1 aromatic heterocycles. The summed E-state index contributed by atoms with van der Waals surface area (Å²) in [4.78, 5) is 50.5. The molecule has 0 unspecified atom stereocenters. The molecule has 1 aliphatic heterocycles. The maximum atomic E-state index is 14.1. The molecule has 1 aromatic carbocycles. The number of benzene rings is 1. The van der Waals surface area contributed by atoms with Crippen molar-refractivity contribution in [2.45, 2.75) is 19.3 Å². The van der Waals surface area contributed by atoms with E-state index >= 15 is 0 Å². The zero-order chi connectivity index (χ0) is 27.2. The van der Waals surface area contributed by atoms with Crippen LogP contribution in [0.5, 0.6) is 0 Å². The molecule has 15 heteroatoms. The Balaban J connectivity index is 1.84. The number of alkyl carbamates (subject to hydrolysis) is 1. The summed E-state index contributed by atoms with van der Waals surface area (Å²) in [6.45, 7) is 1.05. The number of hydrogen-bond donors (Lipinski definition) is 2. The second kappa shape index (κ2) is 12.3. The van der Waals surface area contributed by atoms with E-state index in [1.807, 2.05) is 0 Å². The van der Waals surface area contributed by atoms with Crippen LogP contribution in [0.3, 0.4) is 0 Å². The third-order valence-corrected chi connectivity index (χ3v) is 6.24. The SMILES string of the molecule is CCOC(=O)N[C@@H](CNC(=O)c1ccc(Cl)s1)C(=O)N(c1ccc(N2CCOCC2=O)cc1)C(F)(F)F. The smallest absolute Gasteiger partial charge is 0.450 e. The van der Waals surface area contributed by atoms with E-state index in [9.17, 15) is 32.3 Å². The van der Waals surface area contributed by atoms with Crippen molar-refractivity contribution in [3.05, 3.63) is 45.6 Å². The first kappa shape index (κ1) is 28.2. The lowest BCUT2D eigenvalue weighted by Crippen LogP contribution is -2.57. The van der Waals surface area contributed by atoms with Crippen molar-refractivity contribution < 1.29 is 41.8 Å². The van der Waals surface area contributed by atoms with Gasteiger partial charge in [-0.05, 0) is 43.3 Å². The fourth-order valence-electron chi connectivity index (χ4n) is 3.36. The fourth-order valence-corrected chi connectivity index (χ4v) is 4.32. The molecule has 2 aromatic rings. The Hall–Kier alpha value is -3.36. The van der Waals surface area contributed by atoms with Gasteiger partial charge in [-0.25, -0.2) is 9.69 Å².